The van der Waals surface area contributed by atoms with E-state index < -0.39 is 0 Å². The van der Waals surface area contributed by atoms with Gasteiger partial charge in [0.25, 0.3) is 5.56 Å². The Hall–Kier alpha value is -3.54. The Balaban J connectivity index is 1.61. The van der Waals surface area contributed by atoms with Crippen LogP contribution in [0.1, 0.15) is 40.9 Å². The van der Waals surface area contributed by atoms with Crippen molar-refractivity contribution in [2.24, 2.45) is 0 Å². The fourth-order valence-electron chi connectivity index (χ4n) is 3.65. The summed E-state index contributed by atoms with van der Waals surface area (Å²) in [5.74, 6) is -0.301. The molecule has 2 aromatic carbocycles. The molecule has 0 spiro atoms. The van der Waals surface area contributed by atoms with Crippen LogP contribution in [0.4, 0.5) is 4.39 Å². The Labute approximate surface area is 174 Å². The fourth-order valence-corrected chi connectivity index (χ4v) is 3.65. The number of aryl methyl sites for hydroxylation is 2. The number of halogens is 1. The van der Waals surface area contributed by atoms with Gasteiger partial charge in [-0.3, -0.25) is 4.79 Å². The topological polar surface area (TPSA) is 52.7 Å². The van der Waals surface area contributed by atoms with Crippen molar-refractivity contribution in [2.45, 2.75) is 33.2 Å². The summed E-state index contributed by atoms with van der Waals surface area (Å²) in [7, 11) is 0. The maximum absolute atomic E-state index is 13.2. The number of nitrogens with zero attached hydrogens (tertiary/aromatic N) is 4. The van der Waals surface area contributed by atoms with E-state index in [0.717, 1.165) is 28.1 Å². The second-order valence-electron chi connectivity index (χ2n) is 7.55. The number of imidazole rings is 1. The zero-order valence-electron chi connectivity index (χ0n) is 17.2. The minimum atomic E-state index is -0.301. The lowest BCUT2D eigenvalue weighted by Gasteiger charge is -2.15. The molecule has 0 radical (unpaired) electrons. The van der Waals surface area contributed by atoms with Crippen LogP contribution in [-0.2, 0) is 6.42 Å². The summed E-state index contributed by atoms with van der Waals surface area (Å²) < 4.78 is 16.7. The average molecular weight is 402 g/mol. The van der Waals surface area contributed by atoms with E-state index in [4.69, 9.17) is 0 Å². The second-order valence-corrected chi connectivity index (χ2v) is 7.55. The first kappa shape index (κ1) is 19.8. The smallest absolute Gasteiger partial charge is 0.270 e. The van der Waals surface area contributed by atoms with Gasteiger partial charge >= 0.3 is 0 Å². The van der Waals surface area contributed by atoms with Crippen LogP contribution in [0.3, 0.4) is 0 Å². The van der Waals surface area contributed by atoms with Crippen molar-refractivity contribution in [3.63, 3.8) is 0 Å². The first-order valence-corrected chi connectivity index (χ1v) is 9.85. The summed E-state index contributed by atoms with van der Waals surface area (Å²) in [4.78, 5) is 17.3. The first-order valence-electron chi connectivity index (χ1n) is 9.85. The lowest BCUT2D eigenvalue weighted by molar-refractivity contribution is 0.525. The van der Waals surface area contributed by atoms with Gasteiger partial charge in [-0.2, -0.15) is 5.10 Å². The number of aromatic nitrogens is 4. The largest absolute Gasteiger partial charge is 0.306 e. The highest BCUT2D eigenvalue weighted by molar-refractivity contribution is 5.44. The number of benzene rings is 2. The minimum absolute atomic E-state index is 0.138. The van der Waals surface area contributed by atoms with Crippen LogP contribution in [0.15, 0.2) is 72.0 Å². The molecule has 0 amide bonds. The summed E-state index contributed by atoms with van der Waals surface area (Å²) >= 11 is 0. The lowest BCUT2D eigenvalue weighted by Crippen LogP contribution is -2.29. The van der Waals surface area contributed by atoms with Crippen molar-refractivity contribution in [3.05, 3.63) is 111 Å². The molecule has 0 saturated carbocycles. The molecule has 0 aliphatic heterocycles. The van der Waals surface area contributed by atoms with Gasteiger partial charge in [0.2, 0.25) is 0 Å². The summed E-state index contributed by atoms with van der Waals surface area (Å²) in [5.41, 5.74) is 5.56. The van der Waals surface area contributed by atoms with Crippen molar-refractivity contribution in [1.82, 2.24) is 19.3 Å². The molecule has 2 aromatic heterocycles. The van der Waals surface area contributed by atoms with Crippen LogP contribution in [0, 0.1) is 19.7 Å². The third-order valence-electron chi connectivity index (χ3n) is 5.31. The van der Waals surface area contributed by atoms with Gasteiger partial charge in [-0.05, 0) is 61.7 Å². The fraction of sp³-hybridized carbons (Fsp3) is 0.208. The van der Waals surface area contributed by atoms with E-state index in [2.05, 4.69) is 23.1 Å². The van der Waals surface area contributed by atoms with E-state index in [1.54, 1.807) is 30.7 Å². The normalized spacial score (nSPS) is 12.1. The van der Waals surface area contributed by atoms with Gasteiger partial charge < -0.3 is 4.57 Å². The third-order valence-corrected chi connectivity index (χ3v) is 5.31. The second kappa shape index (κ2) is 8.06. The monoisotopic (exact) mass is 402 g/mol. The molecule has 152 valence electrons. The number of rotatable bonds is 5. The van der Waals surface area contributed by atoms with E-state index >= 15 is 0 Å². The van der Waals surface area contributed by atoms with Gasteiger partial charge in [-0.1, -0.05) is 24.3 Å². The maximum Gasteiger partial charge on any atom is 0.270 e. The Kier molecular flexibility index (Phi) is 5.31. The molecule has 0 saturated heterocycles. The Morgan fingerprint density at radius 3 is 2.50 bits per heavy atom. The highest BCUT2D eigenvalue weighted by Crippen LogP contribution is 2.19. The molecule has 0 fully saturated rings. The lowest BCUT2D eigenvalue weighted by atomic mass is 10.0. The zero-order valence-corrected chi connectivity index (χ0v) is 17.2. The van der Waals surface area contributed by atoms with E-state index in [9.17, 15) is 9.18 Å². The molecule has 5 nitrogen and oxygen atoms in total. The standard InChI is InChI=1S/C24H23FN4O/c1-16-12-19(4-9-23(16)28-14-17(2)26-15-28)13-21-10-11-27-29(24(21)30)18(3)20-5-7-22(25)8-6-20/h4-12,14-15,18H,13H2,1-3H3. The Bertz CT molecular complexity index is 1240. The predicted octanol–water partition coefficient (Wildman–Crippen LogP) is 4.39. The molecule has 0 N–H and O–H groups in total. The van der Waals surface area contributed by atoms with Gasteiger partial charge in [0.05, 0.1) is 18.1 Å². The highest BCUT2D eigenvalue weighted by Gasteiger charge is 2.14. The van der Waals surface area contributed by atoms with Crippen LogP contribution in [0.25, 0.3) is 5.69 Å². The number of hydrogen-bond acceptors (Lipinski definition) is 3. The van der Waals surface area contributed by atoms with Gasteiger partial charge in [0, 0.05) is 30.1 Å². The molecule has 30 heavy (non-hydrogen) atoms. The van der Waals surface area contributed by atoms with Crippen LogP contribution in [0.5, 0.6) is 0 Å². The van der Waals surface area contributed by atoms with Crippen molar-refractivity contribution in [2.75, 3.05) is 0 Å². The summed E-state index contributed by atoms with van der Waals surface area (Å²) in [6.07, 6.45) is 5.95. The van der Waals surface area contributed by atoms with Crippen molar-refractivity contribution >= 4 is 0 Å². The van der Waals surface area contributed by atoms with Crippen LogP contribution in [-0.4, -0.2) is 19.3 Å². The molecule has 1 unspecified atom stereocenters. The van der Waals surface area contributed by atoms with Crippen molar-refractivity contribution < 1.29 is 4.39 Å². The van der Waals surface area contributed by atoms with Crippen molar-refractivity contribution in [3.8, 4) is 5.69 Å². The Morgan fingerprint density at radius 1 is 1.07 bits per heavy atom. The molecule has 2 heterocycles. The molecule has 4 rings (SSSR count). The van der Waals surface area contributed by atoms with Gasteiger partial charge in [-0.15, -0.1) is 0 Å². The average Bonchev–Trinajstić information content (AvgIpc) is 3.16. The molecular weight excluding hydrogens is 379 g/mol. The molecule has 1 atom stereocenters. The molecular formula is C24H23FN4O. The van der Waals surface area contributed by atoms with Gasteiger partial charge in [0.1, 0.15) is 5.82 Å². The summed E-state index contributed by atoms with van der Waals surface area (Å²) in [6, 6.07) is 13.8. The van der Waals surface area contributed by atoms with Crippen molar-refractivity contribution in [1.29, 1.82) is 0 Å². The van der Waals surface area contributed by atoms with Gasteiger partial charge in [0.15, 0.2) is 0 Å². The summed E-state index contributed by atoms with van der Waals surface area (Å²) in [6.45, 7) is 5.90. The van der Waals surface area contributed by atoms with E-state index in [-0.39, 0.29) is 17.4 Å². The summed E-state index contributed by atoms with van der Waals surface area (Å²) in [5, 5.41) is 4.25. The van der Waals surface area contributed by atoms with Crippen LogP contribution < -0.4 is 5.56 Å². The highest BCUT2D eigenvalue weighted by atomic mass is 19.1. The Morgan fingerprint density at radius 2 is 1.83 bits per heavy atom. The molecule has 6 heteroatoms. The van der Waals surface area contributed by atoms with Crippen LogP contribution >= 0.6 is 0 Å². The molecule has 4 aromatic rings. The predicted molar refractivity (Wildman–Crippen MR) is 115 cm³/mol. The van der Waals surface area contributed by atoms with Gasteiger partial charge in [-0.25, -0.2) is 14.1 Å². The third kappa shape index (κ3) is 3.94. The molecule has 0 aliphatic rings. The maximum atomic E-state index is 13.2. The zero-order chi connectivity index (χ0) is 21.3. The molecule has 0 bridgehead atoms. The quantitative estimate of drug-likeness (QED) is 0.498. The van der Waals surface area contributed by atoms with E-state index in [1.165, 1.54) is 16.8 Å². The molecule has 0 aliphatic carbocycles. The number of hydrogen-bond donors (Lipinski definition) is 0. The minimum Gasteiger partial charge on any atom is -0.306 e. The SMILES string of the molecule is Cc1cn(-c2ccc(Cc3ccnn(C(C)c4ccc(F)cc4)c3=O)cc2C)cn1. The van der Waals surface area contributed by atoms with E-state index in [1.807, 2.05) is 36.7 Å². The van der Waals surface area contributed by atoms with Crippen LogP contribution in [0.2, 0.25) is 0 Å². The first-order chi connectivity index (χ1) is 14.4. The van der Waals surface area contributed by atoms with E-state index in [0.29, 0.717) is 12.0 Å².